The van der Waals surface area contributed by atoms with Crippen LogP contribution in [-0.4, -0.2) is 48.2 Å². The third kappa shape index (κ3) is 7.08. The van der Waals surface area contributed by atoms with Crippen molar-refractivity contribution in [2.75, 3.05) is 19.7 Å². The molecule has 2 aliphatic rings. The molecule has 1 saturated carbocycles. The van der Waals surface area contributed by atoms with E-state index in [4.69, 9.17) is 4.74 Å². The Labute approximate surface area is 185 Å². The highest BCUT2D eigenvalue weighted by Crippen LogP contribution is 2.26. The van der Waals surface area contributed by atoms with Crippen molar-refractivity contribution in [2.45, 2.75) is 77.2 Å². The average Bonchev–Trinajstić information content (AvgIpc) is 2.82. The summed E-state index contributed by atoms with van der Waals surface area (Å²) < 4.78 is 5.53. The van der Waals surface area contributed by atoms with E-state index in [-0.39, 0.29) is 36.5 Å². The molecule has 31 heavy (non-hydrogen) atoms. The van der Waals surface area contributed by atoms with Crippen LogP contribution in [0.2, 0.25) is 0 Å². The van der Waals surface area contributed by atoms with Gasteiger partial charge in [-0.15, -0.1) is 0 Å². The van der Waals surface area contributed by atoms with Crippen LogP contribution in [0.25, 0.3) is 0 Å². The van der Waals surface area contributed by atoms with Gasteiger partial charge in [0.1, 0.15) is 5.75 Å². The van der Waals surface area contributed by atoms with Gasteiger partial charge in [-0.1, -0.05) is 26.2 Å². The first-order valence-corrected chi connectivity index (χ1v) is 11.9. The SMILES string of the molecule is CCCOc1ccc(C(=O)CCC(=O)NC2CCN(C(=O)C3CCCCC3)CC2)cc1. The standard InChI is InChI=1S/C25H36N2O4/c1-2-18-31-22-10-8-19(9-11-22)23(28)12-13-24(29)26-21-14-16-27(17-15-21)25(30)20-6-4-3-5-7-20/h8-11,20-21H,2-7,12-18H2,1H3,(H,26,29). The third-order valence-corrected chi connectivity index (χ3v) is 6.35. The van der Waals surface area contributed by atoms with Gasteiger partial charge in [0.05, 0.1) is 6.61 Å². The first-order valence-electron chi connectivity index (χ1n) is 11.9. The van der Waals surface area contributed by atoms with E-state index >= 15 is 0 Å². The number of benzene rings is 1. The Kier molecular flexibility index (Phi) is 8.92. The van der Waals surface area contributed by atoms with Gasteiger partial charge >= 0.3 is 0 Å². The van der Waals surface area contributed by atoms with Gasteiger partial charge in [0, 0.05) is 43.5 Å². The summed E-state index contributed by atoms with van der Waals surface area (Å²) in [6.45, 7) is 4.13. The van der Waals surface area contributed by atoms with Crippen molar-refractivity contribution in [2.24, 2.45) is 5.92 Å². The number of carbonyl (C=O) groups excluding carboxylic acids is 3. The molecule has 0 spiro atoms. The summed E-state index contributed by atoms with van der Waals surface area (Å²) >= 11 is 0. The van der Waals surface area contributed by atoms with Crippen LogP contribution >= 0.6 is 0 Å². The maximum atomic E-state index is 12.7. The maximum absolute atomic E-state index is 12.7. The van der Waals surface area contributed by atoms with Crippen LogP contribution in [0.5, 0.6) is 5.75 Å². The topological polar surface area (TPSA) is 75.7 Å². The molecular formula is C25H36N2O4. The summed E-state index contributed by atoms with van der Waals surface area (Å²) in [6.07, 6.45) is 8.53. The van der Waals surface area contributed by atoms with Crippen molar-refractivity contribution in [1.82, 2.24) is 10.2 Å². The number of nitrogens with one attached hydrogen (secondary N) is 1. The summed E-state index contributed by atoms with van der Waals surface area (Å²) in [5, 5.41) is 3.05. The molecule has 3 rings (SSSR count). The summed E-state index contributed by atoms with van der Waals surface area (Å²) in [5.41, 5.74) is 0.603. The Bertz CT molecular complexity index is 732. The van der Waals surface area contributed by atoms with E-state index in [1.54, 1.807) is 24.3 Å². The summed E-state index contributed by atoms with van der Waals surface area (Å²) in [7, 11) is 0. The van der Waals surface area contributed by atoms with Crippen molar-refractivity contribution in [3.05, 3.63) is 29.8 Å². The van der Waals surface area contributed by atoms with Gasteiger partial charge in [-0.3, -0.25) is 14.4 Å². The molecule has 0 radical (unpaired) electrons. The zero-order valence-corrected chi connectivity index (χ0v) is 18.7. The van der Waals surface area contributed by atoms with Gasteiger partial charge in [-0.05, 0) is 56.4 Å². The van der Waals surface area contributed by atoms with Crippen molar-refractivity contribution in [3.63, 3.8) is 0 Å². The predicted molar refractivity (Wildman–Crippen MR) is 120 cm³/mol. The minimum absolute atomic E-state index is 0.0370. The zero-order valence-electron chi connectivity index (χ0n) is 18.7. The number of piperidine rings is 1. The molecule has 170 valence electrons. The molecule has 6 nitrogen and oxygen atoms in total. The van der Waals surface area contributed by atoms with E-state index in [0.717, 1.165) is 37.9 Å². The molecular weight excluding hydrogens is 392 g/mol. The lowest BCUT2D eigenvalue weighted by molar-refractivity contribution is -0.137. The Morgan fingerprint density at radius 3 is 2.29 bits per heavy atom. The molecule has 0 atom stereocenters. The van der Waals surface area contributed by atoms with Gasteiger partial charge in [0.2, 0.25) is 11.8 Å². The van der Waals surface area contributed by atoms with E-state index in [1.165, 1.54) is 19.3 Å². The van der Waals surface area contributed by atoms with Crippen molar-refractivity contribution in [3.8, 4) is 5.75 Å². The third-order valence-electron chi connectivity index (χ3n) is 6.35. The quantitative estimate of drug-likeness (QED) is 0.600. The highest BCUT2D eigenvalue weighted by atomic mass is 16.5. The number of likely N-dealkylation sites (tertiary alicyclic amines) is 1. The van der Waals surface area contributed by atoms with Crippen LogP contribution in [0.3, 0.4) is 0 Å². The van der Waals surface area contributed by atoms with Crippen LogP contribution in [-0.2, 0) is 9.59 Å². The molecule has 0 bridgehead atoms. The number of Topliss-reactive ketones (excluding diaryl/α,β-unsaturated/α-hetero) is 1. The second-order valence-corrected chi connectivity index (χ2v) is 8.80. The fourth-order valence-electron chi connectivity index (χ4n) is 4.48. The Hall–Kier alpha value is -2.37. The zero-order chi connectivity index (χ0) is 22.1. The second kappa shape index (κ2) is 11.9. The monoisotopic (exact) mass is 428 g/mol. The van der Waals surface area contributed by atoms with Crippen molar-refractivity contribution < 1.29 is 19.1 Å². The summed E-state index contributed by atoms with van der Waals surface area (Å²) in [6, 6.07) is 7.19. The number of hydrogen-bond acceptors (Lipinski definition) is 4. The molecule has 1 aromatic rings. The molecule has 1 aliphatic heterocycles. The predicted octanol–water partition coefficient (Wildman–Crippen LogP) is 4.13. The number of ether oxygens (including phenoxy) is 1. The highest BCUT2D eigenvalue weighted by molar-refractivity contribution is 5.98. The van der Waals surface area contributed by atoms with E-state index < -0.39 is 0 Å². The van der Waals surface area contributed by atoms with Gasteiger partial charge in [-0.25, -0.2) is 0 Å². The molecule has 0 unspecified atom stereocenters. The fourth-order valence-corrected chi connectivity index (χ4v) is 4.48. The molecule has 1 heterocycles. The van der Waals surface area contributed by atoms with Crippen LogP contribution < -0.4 is 10.1 Å². The Morgan fingerprint density at radius 2 is 1.65 bits per heavy atom. The van der Waals surface area contributed by atoms with Gasteiger partial charge in [-0.2, -0.15) is 0 Å². The molecule has 2 amide bonds. The molecule has 0 aromatic heterocycles. The van der Waals surface area contributed by atoms with Crippen LogP contribution in [0, 0.1) is 5.92 Å². The highest BCUT2D eigenvalue weighted by Gasteiger charge is 2.29. The number of carbonyl (C=O) groups is 3. The molecule has 1 saturated heterocycles. The lowest BCUT2D eigenvalue weighted by Crippen LogP contribution is -2.48. The normalized spacial score (nSPS) is 17.9. The van der Waals surface area contributed by atoms with E-state index in [9.17, 15) is 14.4 Å². The number of amides is 2. The molecule has 6 heteroatoms. The average molecular weight is 429 g/mol. The molecule has 1 N–H and O–H groups in total. The smallest absolute Gasteiger partial charge is 0.225 e. The summed E-state index contributed by atoms with van der Waals surface area (Å²) in [5.74, 6) is 1.14. The number of rotatable bonds is 9. The number of ketones is 1. The van der Waals surface area contributed by atoms with Gasteiger partial charge in [0.15, 0.2) is 5.78 Å². The Morgan fingerprint density at radius 1 is 0.968 bits per heavy atom. The Balaban J connectivity index is 1.35. The van der Waals surface area contributed by atoms with E-state index in [0.29, 0.717) is 31.2 Å². The van der Waals surface area contributed by atoms with Crippen molar-refractivity contribution >= 4 is 17.6 Å². The van der Waals surface area contributed by atoms with E-state index in [1.807, 2.05) is 11.8 Å². The second-order valence-electron chi connectivity index (χ2n) is 8.80. The van der Waals surface area contributed by atoms with Gasteiger partial charge in [0.25, 0.3) is 0 Å². The maximum Gasteiger partial charge on any atom is 0.225 e. The molecule has 2 fully saturated rings. The van der Waals surface area contributed by atoms with Gasteiger partial charge < -0.3 is 15.0 Å². The van der Waals surface area contributed by atoms with Crippen LogP contribution in [0.15, 0.2) is 24.3 Å². The minimum Gasteiger partial charge on any atom is -0.494 e. The van der Waals surface area contributed by atoms with E-state index in [2.05, 4.69) is 5.32 Å². The number of hydrogen-bond donors (Lipinski definition) is 1. The summed E-state index contributed by atoms with van der Waals surface area (Å²) in [4.78, 5) is 39.3. The largest absolute Gasteiger partial charge is 0.494 e. The van der Waals surface area contributed by atoms with Crippen molar-refractivity contribution in [1.29, 1.82) is 0 Å². The first kappa shape index (κ1) is 23.3. The lowest BCUT2D eigenvalue weighted by Gasteiger charge is -2.35. The molecule has 1 aliphatic carbocycles. The first-order chi connectivity index (χ1) is 15.1. The molecule has 1 aromatic carbocycles. The number of nitrogens with zero attached hydrogens (tertiary/aromatic N) is 1. The van der Waals surface area contributed by atoms with Crippen LogP contribution in [0.4, 0.5) is 0 Å². The lowest BCUT2D eigenvalue weighted by atomic mass is 9.87. The minimum atomic E-state index is -0.0895. The fraction of sp³-hybridized carbons (Fsp3) is 0.640. The van der Waals surface area contributed by atoms with Crippen LogP contribution in [0.1, 0.15) is 81.5 Å².